The fourth-order valence-corrected chi connectivity index (χ4v) is 4.02. The lowest BCUT2D eigenvalue weighted by molar-refractivity contribution is 0.300. The smallest absolute Gasteiger partial charge is 0.236 e. The monoisotopic (exact) mass is 289 g/mol. The summed E-state index contributed by atoms with van der Waals surface area (Å²) in [4.78, 5) is 8.34. The molecule has 20 heavy (non-hydrogen) atoms. The van der Waals surface area contributed by atoms with E-state index < -0.39 is 0 Å². The molecule has 2 unspecified atom stereocenters. The molecule has 5 heteroatoms. The summed E-state index contributed by atoms with van der Waals surface area (Å²) in [6, 6.07) is 4.10. The first kappa shape index (κ1) is 12.6. The number of oxazole rings is 1. The fraction of sp³-hybridized carbons (Fsp3) is 0.533. The van der Waals surface area contributed by atoms with Gasteiger partial charge in [0.15, 0.2) is 0 Å². The number of nitrogens with zero attached hydrogens (tertiary/aromatic N) is 2. The van der Waals surface area contributed by atoms with Gasteiger partial charge >= 0.3 is 0 Å². The zero-order chi connectivity index (χ0) is 13.5. The van der Waals surface area contributed by atoms with E-state index in [0.29, 0.717) is 0 Å². The Morgan fingerprint density at radius 3 is 2.90 bits per heavy atom. The van der Waals surface area contributed by atoms with Gasteiger partial charge < -0.3 is 9.73 Å². The molecule has 0 radical (unpaired) electrons. The van der Waals surface area contributed by atoms with E-state index in [9.17, 15) is 0 Å². The van der Waals surface area contributed by atoms with E-state index in [1.54, 1.807) is 11.3 Å². The normalized spacial score (nSPS) is 26.2. The molecule has 2 aliphatic rings. The van der Waals surface area contributed by atoms with Gasteiger partial charge in [-0.15, -0.1) is 11.3 Å². The third-order valence-corrected chi connectivity index (χ3v) is 5.32. The predicted molar refractivity (Wildman–Crippen MR) is 79.7 cm³/mol. The van der Waals surface area contributed by atoms with E-state index in [1.165, 1.54) is 26.2 Å². The molecule has 0 aromatic carbocycles. The molecule has 2 fully saturated rings. The standard InChI is InChI=1S/C15H19N3OS/c1-10-13(17-15(19-10)14-3-2-4-20-14)9-18-7-11-5-16-6-12(11)8-18/h2-4,11-12,16H,5-9H2,1H3. The average molecular weight is 289 g/mol. The summed E-state index contributed by atoms with van der Waals surface area (Å²) in [5.41, 5.74) is 1.10. The van der Waals surface area contributed by atoms with Crippen LogP contribution in [-0.4, -0.2) is 36.1 Å². The summed E-state index contributed by atoms with van der Waals surface area (Å²) < 4.78 is 5.82. The predicted octanol–water partition coefficient (Wildman–Crippen LogP) is 2.36. The number of fused-ring (bicyclic) bond motifs is 1. The van der Waals surface area contributed by atoms with Crippen LogP contribution in [0.2, 0.25) is 0 Å². The molecule has 2 aromatic heterocycles. The molecule has 4 nitrogen and oxygen atoms in total. The van der Waals surface area contributed by atoms with E-state index in [2.05, 4.69) is 21.7 Å². The Hall–Kier alpha value is -1.17. The van der Waals surface area contributed by atoms with Gasteiger partial charge in [-0.05, 0) is 43.3 Å². The summed E-state index contributed by atoms with van der Waals surface area (Å²) in [5, 5.41) is 5.54. The summed E-state index contributed by atoms with van der Waals surface area (Å²) in [6.07, 6.45) is 0. The van der Waals surface area contributed by atoms with Crippen molar-refractivity contribution in [1.29, 1.82) is 0 Å². The van der Waals surface area contributed by atoms with Gasteiger partial charge in [0, 0.05) is 19.6 Å². The Labute approximate surface area is 122 Å². The van der Waals surface area contributed by atoms with Crippen molar-refractivity contribution >= 4 is 11.3 Å². The van der Waals surface area contributed by atoms with Crippen LogP contribution in [0.1, 0.15) is 11.5 Å². The second-order valence-corrected chi connectivity index (χ2v) is 6.82. The van der Waals surface area contributed by atoms with Gasteiger partial charge in [0.1, 0.15) is 5.76 Å². The summed E-state index contributed by atoms with van der Waals surface area (Å²) in [6.45, 7) is 7.70. The summed E-state index contributed by atoms with van der Waals surface area (Å²) in [7, 11) is 0. The van der Waals surface area contributed by atoms with Gasteiger partial charge in [0.05, 0.1) is 10.6 Å². The molecule has 2 aliphatic heterocycles. The molecule has 0 saturated carbocycles. The van der Waals surface area contributed by atoms with Crippen LogP contribution in [0.25, 0.3) is 10.8 Å². The molecule has 0 amide bonds. The Morgan fingerprint density at radius 2 is 2.20 bits per heavy atom. The highest BCUT2D eigenvalue weighted by Crippen LogP contribution is 2.30. The molecule has 4 rings (SSSR count). The van der Waals surface area contributed by atoms with Crippen LogP contribution < -0.4 is 5.32 Å². The number of hydrogen-bond donors (Lipinski definition) is 1. The van der Waals surface area contributed by atoms with Crippen LogP contribution in [0.3, 0.4) is 0 Å². The van der Waals surface area contributed by atoms with Gasteiger partial charge in [0.2, 0.25) is 5.89 Å². The molecule has 1 N–H and O–H groups in total. The third kappa shape index (κ3) is 2.20. The van der Waals surface area contributed by atoms with Gasteiger partial charge in [-0.3, -0.25) is 4.90 Å². The van der Waals surface area contributed by atoms with E-state index in [1.807, 2.05) is 13.0 Å². The lowest BCUT2D eigenvalue weighted by atomic mass is 10.0. The topological polar surface area (TPSA) is 41.3 Å². The van der Waals surface area contributed by atoms with Crippen LogP contribution >= 0.6 is 11.3 Å². The van der Waals surface area contributed by atoms with Crippen LogP contribution in [0.5, 0.6) is 0 Å². The minimum absolute atomic E-state index is 0.772. The molecule has 0 bridgehead atoms. The Balaban J connectivity index is 1.49. The molecule has 0 spiro atoms. The zero-order valence-corrected chi connectivity index (χ0v) is 12.4. The first-order valence-electron chi connectivity index (χ1n) is 7.23. The maximum Gasteiger partial charge on any atom is 0.236 e. The maximum atomic E-state index is 5.82. The van der Waals surface area contributed by atoms with Crippen LogP contribution in [0.4, 0.5) is 0 Å². The molecule has 0 aliphatic carbocycles. The highest BCUT2D eigenvalue weighted by molar-refractivity contribution is 7.13. The van der Waals surface area contributed by atoms with Gasteiger partial charge in [-0.2, -0.15) is 0 Å². The molecule has 106 valence electrons. The average Bonchev–Trinajstić information content (AvgIpc) is 3.14. The van der Waals surface area contributed by atoms with Crippen LogP contribution in [-0.2, 0) is 6.54 Å². The molecule has 2 atom stereocenters. The first-order chi connectivity index (χ1) is 9.79. The molecule has 2 aromatic rings. The Kier molecular flexibility index (Phi) is 3.13. The van der Waals surface area contributed by atoms with Crippen molar-refractivity contribution in [3.63, 3.8) is 0 Å². The summed E-state index contributed by atoms with van der Waals surface area (Å²) in [5.74, 6) is 3.40. The van der Waals surface area contributed by atoms with Crippen LogP contribution in [0.15, 0.2) is 21.9 Å². The Bertz CT molecular complexity index is 580. The van der Waals surface area contributed by atoms with Crippen LogP contribution in [0, 0.1) is 18.8 Å². The molecular weight excluding hydrogens is 270 g/mol. The zero-order valence-electron chi connectivity index (χ0n) is 11.6. The van der Waals surface area contributed by atoms with Crippen molar-refractivity contribution in [2.75, 3.05) is 26.2 Å². The quantitative estimate of drug-likeness (QED) is 0.942. The number of thiophene rings is 1. The second kappa shape index (κ2) is 4.98. The number of hydrogen-bond acceptors (Lipinski definition) is 5. The lowest BCUT2D eigenvalue weighted by Gasteiger charge is -2.15. The van der Waals surface area contributed by atoms with Gasteiger partial charge in [0.25, 0.3) is 0 Å². The van der Waals surface area contributed by atoms with Crippen molar-refractivity contribution in [3.8, 4) is 10.8 Å². The largest absolute Gasteiger partial charge is 0.440 e. The second-order valence-electron chi connectivity index (χ2n) is 5.87. The third-order valence-electron chi connectivity index (χ3n) is 4.46. The molecule has 2 saturated heterocycles. The Morgan fingerprint density at radius 1 is 1.40 bits per heavy atom. The SMILES string of the molecule is Cc1oc(-c2cccs2)nc1CN1CC2CNCC2C1. The number of nitrogens with one attached hydrogen (secondary N) is 1. The van der Waals surface area contributed by atoms with Crippen molar-refractivity contribution in [3.05, 3.63) is 29.0 Å². The minimum Gasteiger partial charge on any atom is -0.440 e. The molecular formula is C15H19N3OS. The first-order valence-corrected chi connectivity index (χ1v) is 8.11. The number of aromatic nitrogens is 1. The highest BCUT2D eigenvalue weighted by Gasteiger charge is 2.36. The highest BCUT2D eigenvalue weighted by atomic mass is 32.1. The molecule has 4 heterocycles. The van der Waals surface area contributed by atoms with E-state index in [4.69, 9.17) is 9.40 Å². The van der Waals surface area contributed by atoms with Crippen molar-refractivity contribution < 1.29 is 4.42 Å². The number of aryl methyl sites for hydroxylation is 1. The minimum atomic E-state index is 0.772. The lowest BCUT2D eigenvalue weighted by Crippen LogP contribution is -2.25. The number of likely N-dealkylation sites (tertiary alicyclic amines) is 1. The van der Waals surface area contributed by atoms with Gasteiger partial charge in [-0.1, -0.05) is 6.07 Å². The van der Waals surface area contributed by atoms with E-state index in [0.717, 1.165) is 40.6 Å². The van der Waals surface area contributed by atoms with Gasteiger partial charge in [-0.25, -0.2) is 4.98 Å². The van der Waals surface area contributed by atoms with Crippen molar-refractivity contribution in [2.45, 2.75) is 13.5 Å². The van der Waals surface area contributed by atoms with Crippen molar-refractivity contribution in [1.82, 2.24) is 15.2 Å². The van der Waals surface area contributed by atoms with Crippen molar-refractivity contribution in [2.24, 2.45) is 11.8 Å². The van der Waals surface area contributed by atoms with E-state index in [-0.39, 0.29) is 0 Å². The number of rotatable bonds is 3. The summed E-state index contributed by atoms with van der Waals surface area (Å²) >= 11 is 1.68. The fourth-order valence-electron chi connectivity index (χ4n) is 3.37. The van der Waals surface area contributed by atoms with E-state index >= 15 is 0 Å². The maximum absolute atomic E-state index is 5.82.